The summed E-state index contributed by atoms with van der Waals surface area (Å²) in [6.07, 6.45) is 0. The van der Waals surface area contributed by atoms with Gasteiger partial charge in [-0.25, -0.2) is 13.1 Å². The van der Waals surface area contributed by atoms with E-state index in [1.807, 2.05) is 0 Å². The Morgan fingerprint density at radius 3 is 2.25 bits per heavy atom. The van der Waals surface area contributed by atoms with E-state index in [1.165, 1.54) is 7.11 Å². The van der Waals surface area contributed by atoms with Gasteiger partial charge in [0.2, 0.25) is 10.0 Å². The Balaban J connectivity index is 4.71. The average Bonchev–Trinajstić information content (AvgIpc) is 2.09. The Labute approximate surface area is 96.0 Å². The lowest BCUT2D eigenvalue weighted by Crippen LogP contribution is -2.49. The number of rotatable bonds is 6. The number of carboxylic acid groups (broad SMARTS) is 1. The van der Waals surface area contributed by atoms with E-state index < -0.39 is 27.4 Å². The maximum atomic E-state index is 11.5. The first-order chi connectivity index (χ1) is 7.10. The summed E-state index contributed by atoms with van der Waals surface area (Å²) in [5, 5.41) is 8.94. The molecule has 0 bridgehead atoms. The van der Waals surface area contributed by atoms with Gasteiger partial charge < -0.3 is 9.84 Å². The van der Waals surface area contributed by atoms with Crippen molar-refractivity contribution in [2.24, 2.45) is 5.41 Å². The van der Waals surface area contributed by atoms with Crippen LogP contribution in [-0.2, 0) is 19.6 Å². The Kier molecular flexibility index (Phi) is 5.37. The summed E-state index contributed by atoms with van der Waals surface area (Å²) in [6, 6.07) is -1.14. The Hall–Kier alpha value is -0.660. The number of ether oxygens (including phenoxy) is 1. The Morgan fingerprint density at radius 1 is 1.44 bits per heavy atom. The molecule has 0 aliphatic heterocycles. The predicted octanol–water partition coefficient (Wildman–Crippen LogP) is 0.0515. The van der Waals surface area contributed by atoms with Gasteiger partial charge in [-0.3, -0.25) is 4.79 Å². The first-order valence-electron chi connectivity index (χ1n) is 4.82. The fraction of sp³-hybridized carbons (Fsp3) is 0.889. The molecule has 0 rings (SSSR count). The Morgan fingerprint density at radius 2 is 1.94 bits per heavy atom. The van der Waals surface area contributed by atoms with E-state index in [0.717, 1.165) is 0 Å². The predicted molar refractivity (Wildman–Crippen MR) is 59.7 cm³/mol. The molecule has 0 heterocycles. The Bertz CT molecular complexity index is 330. The van der Waals surface area contributed by atoms with Gasteiger partial charge in [-0.15, -0.1) is 0 Å². The lowest BCUT2D eigenvalue weighted by atomic mass is 9.88. The molecule has 1 atom stereocenters. The number of carboxylic acids is 1. The number of methoxy groups -OCH3 is 1. The zero-order valence-electron chi connectivity index (χ0n) is 9.98. The van der Waals surface area contributed by atoms with Gasteiger partial charge in [-0.05, 0) is 5.41 Å². The van der Waals surface area contributed by atoms with E-state index >= 15 is 0 Å². The number of carbonyl (C=O) groups is 1. The number of aliphatic carboxylic acids is 1. The van der Waals surface area contributed by atoms with Crippen molar-refractivity contribution >= 4 is 16.0 Å². The second-order valence-electron chi connectivity index (χ2n) is 4.57. The molecule has 0 fully saturated rings. The fourth-order valence-corrected chi connectivity index (χ4v) is 2.35. The summed E-state index contributed by atoms with van der Waals surface area (Å²) < 4.78 is 29.8. The van der Waals surface area contributed by atoms with E-state index in [1.54, 1.807) is 20.8 Å². The minimum Gasteiger partial charge on any atom is -0.480 e. The van der Waals surface area contributed by atoms with Crippen molar-refractivity contribution in [3.63, 3.8) is 0 Å². The van der Waals surface area contributed by atoms with Crippen LogP contribution in [0.3, 0.4) is 0 Å². The summed E-state index contributed by atoms with van der Waals surface area (Å²) in [4.78, 5) is 10.9. The quantitative estimate of drug-likeness (QED) is 0.698. The summed E-state index contributed by atoms with van der Waals surface area (Å²) in [5.41, 5.74) is -0.689. The molecule has 2 N–H and O–H groups in total. The first-order valence-corrected chi connectivity index (χ1v) is 6.47. The van der Waals surface area contributed by atoms with Crippen molar-refractivity contribution in [1.29, 1.82) is 0 Å². The molecule has 0 unspecified atom stereocenters. The highest BCUT2D eigenvalue weighted by molar-refractivity contribution is 7.89. The van der Waals surface area contributed by atoms with E-state index in [-0.39, 0.29) is 12.4 Å². The van der Waals surface area contributed by atoms with Gasteiger partial charge in [0.15, 0.2) is 0 Å². The van der Waals surface area contributed by atoms with Crippen LogP contribution in [-0.4, -0.2) is 45.0 Å². The number of hydrogen-bond acceptors (Lipinski definition) is 4. The van der Waals surface area contributed by atoms with Gasteiger partial charge in [0, 0.05) is 7.11 Å². The van der Waals surface area contributed by atoms with Crippen LogP contribution in [0.4, 0.5) is 0 Å². The van der Waals surface area contributed by atoms with Crippen LogP contribution in [0.15, 0.2) is 0 Å². The smallest absolute Gasteiger partial charge is 0.322 e. The van der Waals surface area contributed by atoms with Crippen molar-refractivity contribution < 1.29 is 23.1 Å². The third-order valence-corrected chi connectivity index (χ3v) is 3.27. The standard InChI is InChI=1S/C9H19NO5S/c1-9(2,3)7(8(11)12)10-16(13,14)6-5-15-4/h7,10H,5-6H2,1-4H3,(H,11,12)/t7-/m0/s1. The lowest BCUT2D eigenvalue weighted by Gasteiger charge is -2.27. The molecule has 6 nitrogen and oxygen atoms in total. The topological polar surface area (TPSA) is 92.7 Å². The van der Waals surface area contributed by atoms with E-state index in [4.69, 9.17) is 5.11 Å². The van der Waals surface area contributed by atoms with Crippen LogP contribution in [0.5, 0.6) is 0 Å². The highest BCUT2D eigenvalue weighted by atomic mass is 32.2. The number of nitrogens with one attached hydrogen (secondary N) is 1. The SMILES string of the molecule is COCCS(=O)(=O)N[C@@H](C(=O)O)C(C)(C)C. The second kappa shape index (κ2) is 5.60. The molecular weight excluding hydrogens is 234 g/mol. The van der Waals surface area contributed by atoms with Crippen molar-refractivity contribution in [2.45, 2.75) is 26.8 Å². The molecule has 0 saturated carbocycles. The molecular formula is C9H19NO5S. The zero-order valence-corrected chi connectivity index (χ0v) is 10.8. The molecule has 0 saturated heterocycles. The molecule has 0 aromatic carbocycles. The summed E-state index contributed by atoms with van der Waals surface area (Å²) in [6.45, 7) is 5.01. The van der Waals surface area contributed by atoms with Crippen molar-refractivity contribution in [2.75, 3.05) is 19.5 Å². The normalized spacial score (nSPS) is 14.8. The van der Waals surface area contributed by atoms with Crippen molar-refractivity contribution in [1.82, 2.24) is 4.72 Å². The average molecular weight is 253 g/mol. The molecule has 0 aromatic heterocycles. The van der Waals surface area contributed by atoms with Crippen LogP contribution in [0.2, 0.25) is 0 Å². The minimum atomic E-state index is -3.63. The fourth-order valence-electron chi connectivity index (χ4n) is 1.03. The molecule has 0 amide bonds. The van der Waals surface area contributed by atoms with Gasteiger partial charge in [-0.1, -0.05) is 20.8 Å². The van der Waals surface area contributed by atoms with Gasteiger partial charge >= 0.3 is 5.97 Å². The largest absolute Gasteiger partial charge is 0.480 e. The van der Waals surface area contributed by atoms with E-state index in [2.05, 4.69) is 9.46 Å². The van der Waals surface area contributed by atoms with Crippen molar-refractivity contribution in [3.8, 4) is 0 Å². The molecule has 16 heavy (non-hydrogen) atoms. The number of sulfonamides is 1. The van der Waals surface area contributed by atoms with Gasteiger partial charge in [0.1, 0.15) is 6.04 Å². The van der Waals surface area contributed by atoms with Gasteiger partial charge in [0.25, 0.3) is 0 Å². The third-order valence-electron chi connectivity index (χ3n) is 1.97. The van der Waals surface area contributed by atoms with E-state index in [0.29, 0.717) is 0 Å². The molecule has 0 radical (unpaired) electrons. The monoisotopic (exact) mass is 253 g/mol. The lowest BCUT2D eigenvalue weighted by molar-refractivity contribution is -0.141. The van der Waals surface area contributed by atoms with Crippen LogP contribution in [0.1, 0.15) is 20.8 Å². The summed E-state index contributed by atoms with van der Waals surface area (Å²) in [5.74, 6) is -1.43. The maximum Gasteiger partial charge on any atom is 0.322 e. The number of hydrogen-bond donors (Lipinski definition) is 2. The highest BCUT2D eigenvalue weighted by Gasteiger charge is 2.34. The molecule has 96 valence electrons. The van der Waals surface area contributed by atoms with Gasteiger partial charge in [0.05, 0.1) is 12.4 Å². The van der Waals surface area contributed by atoms with Crippen molar-refractivity contribution in [3.05, 3.63) is 0 Å². The van der Waals surface area contributed by atoms with E-state index in [9.17, 15) is 13.2 Å². The van der Waals surface area contributed by atoms with Crippen LogP contribution < -0.4 is 4.72 Å². The van der Waals surface area contributed by atoms with Crippen LogP contribution in [0, 0.1) is 5.41 Å². The van der Waals surface area contributed by atoms with Gasteiger partial charge in [-0.2, -0.15) is 0 Å². The molecule has 7 heteroatoms. The second-order valence-corrected chi connectivity index (χ2v) is 6.44. The summed E-state index contributed by atoms with van der Waals surface area (Å²) in [7, 11) is -2.24. The maximum absolute atomic E-state index is 11.5. The molecule has 0 aliphatic rings. The highest BCUT2D eigenvalue weighted by Crippen LogP contribution is 2.20. The molecule has 0 aromatic rings. The first kappa shape index (κ1) is 15.3. The zero-order chi connectivity index (χ0) is 13.0. The molecule has 0 aliphatic carbocycles. The summed E-state index contributed by atoms with van der Waals surface area (Å²) >= 11 is 0. The van der Waals surface area contributed by atoms with Crippen LogP contribution >= 0.6 is 0 Å². The minimum absolute atomic E-state index is 0.0335. The third kappa shape index (κ3) is 5.43. The molecule has 0 spiro atoms. The van der Waals surface area contributed by atoms with Crippen LogP contribution in [0.25, 0.3) is 0 Å².